The number of carbonyl (C=O) groups excluding carboxylic acids is 1. The van der Waals surface area contributed by atoms with Crippen LogP contribution in [0.15, 0.2) is 46.9 Å². The van der Waals surface area contributed by atoms with E-state index >= 15 is 0 Å². The Hall–Kier alpha value is -3.03. The Kier molecular flexibility index (Phi) is 6.60. The van der Waals surface area contributed by atoms with Crippen LogP contribution in [0.1, 0.15) is 49.7 Å². The van der Waals surface area contributed by atoms with Gasteiger partial charge in [0.1, 0.15) is 17.1 Å². The lowest BCUT2D eigenvalue weighted by Gasteiger charge is -2.40. The molecule has 4 rings (SSSR count). The van der Waals surface area contributed by atoms with Crippen molar-refractivity contribution in [2.45, 2.75) is 39.2 Å². The molecule has 1 aliphatic heterocycles. The van der Waals surface area contributed by atoms with E-state index in [9.17, 15) is 9.90 Å². The second-order valence-electron chi connectivity index (χ2n) is 10.3. The first-order valence-electron chi connectivity index (χ1n) is 11.6. The van der Waals surface area contributed by atoms with Crippen LogP contribution in [0.25, 0.3) is 11.0 Å². The molecule has 7 heteroatoms. The van der Waals surface area contributed by atoms with Crippen LogP contribution in [0.4, 0.5) is 5.69 Å². The molecule has 0 saturated carbocycles. The molecule has 1 fully saturated rings. The number of furan rings is 1. The summed E-state index contributed by atoms with van der Waals surface area (Å²) in [6, 6.07) is 12.5. The minimum Gasteiger partial charge on any atom is -0.497 e. The topological polar surface area (TPSA) is 84.2 Å². The van der Waals surface area contributed by atoms with Crippen molar-refractivity contribution in [2.75, 3.05) is 39.2 Å². The van der Waals surface area contributed by atoms with Crippen LogP contribution in [0, 0.1) is 5.41 Å². The smallest absolute Gasteiger partial charge is 0.291 e. The van der Waals surface area contributed by atoms with E-state index in [4.69, 9.17) is 13.9 Å². The molecule has 2 heterocycles. The molecule has 1 amide bonds. The summed E-state index contributed by atoms with van der Waals surface area (Å²) >= 11 is 0. The Balaban J connectivity index is 1.51. The number of anilines is 1. The van der Waals surface area contributed by atoms with Crippen molar-refractivity contribution < 1.29 is 23.8 Å². The molecule has 1 saturated heterocycles. The Bertz CT molecular complexity index is 1170. The van der Waals surface area contributed by atoms with Gasteiger partial charge in [-0.2, -0.15) is 0 Å². The fourth-order valence-corrected chi connectivity index (χ4v) is 4.58. The van der Waals surface area contributed by atoms with E-state index < -0.39 is 11.5 Å². The number of benzene rings is 2. The molecular formula is C27H34N2O5. The van der Waals surface area contributed by atoms with Gasteiger partial charge in [0.05, 0.1) is 25.5 Å². The minimum absolute atomic E-state index is 0.184. The predicted octanol–water partition coefficient (Wildman–Crippen LogP) is 5.03. The van der Waals surface area contributed by atoms with E-state index in [1.165, 1.54) is 0 Å². The third-order valence-corrected chi connectivity index (χ3v) is 6.31. The van der Waals surface area contributed by atoms with E-state index in [-0.39, 0.29) is 11.2 Å². The standard InChI is InChI=1S/C27H34N2O5/c1-26(2,3)17-29-12-10-27(31,11-13-29)19-6-8-22-18(14-19)15-24(34-22)25(30)28-21-16-20(32-4)7-9-23(21)33-5/h6-9,14-16,31H,10-13,17H2,1-5H3,(H,28,30). The van der Waals surface area contributed by atoms with Crippen molar-refractivity contribution in [3.63, 3.8) is 0 Å². The maximum Gasteiger partial charge on any atom is 0.291 e. The number of piperidine rings is 1. The molecule has 0 aliphatic carbocycles. The van der Waals surface area contributed by atoms with Crippen LogP contribution in [-0.4, -0.2) is 49.8 Å². The van der Waals surface area contributed by atoms with Crippen LogP contribution < -0.4 is 14.8 Å². The fraction of sp³-hybridized carbons (Fsp3) is 0.444. The number of nitrogens with one attached hydrogen (secondary N) is 1. The van der Waals surface area contributed by atoms with Gasteiger partial charge in [0.15, 0.2) is 5.76 Å². The van der Waals surface area contributed by atoms with Crippen molar-refractivity contribution in [3.05, 3.63) is 53.8 Å². The second kappa shape index (κ2) is 9.31. The first-order valence-corrected chi connectivity index (χ1v) is 11.6. The summed E-state index contributed by atoms with van der Waals surface area (Å²) < 4.78 is 16.4. The minimum atomic E-state index is -0.879. The van der Waals surface area contributed by atoms with E-state index in [1.54, 1.807) is 38.5 Å². The highest BCUT2D eigenvalue weighted by Crippen LogP contribution is 2.36. The number of methoxy groups -OCH3 is 2. The van der Waals surface area contributed by atoms with Crippen LogP contribution in [-0.2, 0) is 5.60 Å². The quantitative estimate of drug-likeness (QED) is 0.530. The summed E-state index contributed by atoms with van der Waals surface area (Å²) in [6.07, 6.45) is 1.35. The lowest BCUT2D eigenvalue weighted by molar-refractivity contribution is -0.0316. The van der Waals surface area contributed by atoms with E-state index in [0.29, 0.717) is 35.6 Å². The normalized spacial score (nSPS) is 16.4. The number of fused-ring (bicyclic) bond motifs is 1. The van der Waals surface area contributed by atoms with E-state index in [1.807, 2.05) is 18.2 Å². The van der Waals surface area contributed by atoms with Crippen LogP contribution in [0.3, 0.4) is 0 Å². The maximum absolute atomic E-state index is 12.9. The van der Waals surface area contributed by atoms with Crippen molar-refractivity contribution in [1.29, 1.82) is 0 Å². The van der Waals surface area contributed by atoms with Gasteiger partial charge in [0, 0.05) is 31.1 Å². The van der Waals surface area contributed by atoms with Gasteiger partial charge in [-0.1, -0.05) is 26.8 Å². The highest BCUT2D eigenvalue weighted by molar-refractivity contribution is 6.05. The summed E-state index contributed by atoms with van der Waals surface area (Å²) in [5.74, 6) is 0.919. The highest BCUT2D eigenvalue weighted by atomic mass is 16.5. The van der Waals surface area contributed by atoms with E-state index in [2.05, 4.69) is 31.0 Å². The summed E-state index contributed by atoms with van der Waals surface area (Å²) in [6.45, 7) is 9.43. The summed E-state index contributed by atoms with van der Waals surface area (Å²) in [4.78, 5) is 15.3. The van der Waals surface area contributed by atoms with Crippen LogP contribution in [0.2, 0.25) is 0 Å². The number of hydrogen-bond acceptors (Lipinski definition) is 6. The monoisotopic (exact) mass is 466 g/mol. The molecule has 182 valence electrons. The molecule has 0 bridgehead atoms. The van der Waals surface area contributed by atoms with Gasteiger partial charge < -0.3 is 29.2 Å². The molecule has 7 nitrogen and oxygen atoms in total. The number of hydrogen-bond donors (Lipinski definition) is 2. The number of carbonyl (C=O) groups is 1. The summed E-state index contributed by atoms with van der Waals surface area (Å²) in [7, 11) is 3.10. The van der Waals surface area contributed by atoms with Crippen molar-refractivity contribution in [2.24, 2.45) is 5.41 Å². The fourth-order valence-electron chi connectivity index (χ4n) is 4.58. The molecule has 0 atom stereocenters. The summed E-state index contributed by atoms with van der Waals surface area (Å²) in [5, 5.41) is 15.0. The molecule has 2 N–H and O–H groups in total. The third-order valence-electron chi connectivity index (χ3n) is 6.31. The average Bonchev–Trinajstić information content (AvgIpc) is 3.23. The third kappa shape index (κ3) is 5.21. The largest absolute Gasteiger partial charge is 0.497 e. The number of rotatable bonds is 6. The molecule has 3 aromatic rings. The van der Waals surface area contributed by atoms with Crippen molar-refractivity contribution in [1.82, 2.24) is 4.90 Å². The average molecular weight is 467 g/mol. The molecule has 34 heavy (non-hydrogen) atoms. The molecule has 1 aromatic heterocycles. The Morgan fingerprint density at radius 1 is 1.09 bits per heavy atom. The van der Waals surface area contributed by atoms with Crippen molar-refractivity contribution >= 4 is 22.6 Å². The highest BCUT2D eigenvalue weighted by Gasteiger charge is 2.35. The zero-order chi connectivity index (χ0) is 24.5. The maximum atomic E-state index is 12.9. The number of likely N-dealkylation sites (tertiary alicyclic amines) is 1. The number of amides is 1. The number of nitrogens with zero attached hydrogens (tertiary/aromatic N) is 1. The van der Waals surface area contributed by atoms with Gasteiger partial charge in [0.25, 0.3) is 5.91 Å². The second-order valence-corrected chi connectivity index (χ2v) is 10.3. The van der Waals surface area contributed by atoms with Crippen LogP contribution >= 0.6 is 0 Å². The van der Waals surface area contributed by atoms with Crippen molar-refractivity contribution in [3.8, 4) is 11.5 Å². The number of aliphatic hydroxyl groups is 1. The Morgan fingerprint density at radius 2 is 1.82 bits per heavy atom. The molecule has 1 aliphatic rings. The molecular weight excluding hydrogens is 432 g/mol. The van der Waals surface area contributed by atoms with Gasteiger partial charge in [-0.05, 0) is 54.2 Å². The Morgan fingerprint density at radius 3 is 2.47 bits per heavy atom. The van der Waals surface area contributed by atoms with Gasteiger partial charge in [-0.25, -0.2) is 0 Å². The lowest BCUT2D eigenvalue weighted by Crippen LogP contribution is -2.45. The zero-order valence-corrected chi connectivity index (χ0v) is 20.6. The first-order chi connectivity index (χ1) is 16.1. The lowest BCUT2D eigenvalue weighted by atomic mass is 9.83. The molecule has 0 spiro atoms. The van der Waals surface area contributed by atoms with Gasteiger partial charge in [0.2, 0.25) is 0 Å². The molecule has 0 radical (unpaired) electrons. The van der Waals surface area contributed by atoms with Crippen LogP contribution in [0.5, 0.6) is 11.5 Å². The molecule has 2 aromatic carbocycles. The SMILES string of the molecule is COc1ccc(OC)c(NC(=O)c2cc3cc(C4(O)CCN(CC(C)(C)C)CC4)ccc3o2)c1. The first kappa shape index (κ1) is 24.1. The van der Waals surface area contributed by atoms with Gasteiger partial charge >= 0.3 is 0 Å². The zero-order valence-electron chi connectivity index (χ0n) is 20.6. The predicted molar refractivity (Wildman–Crippen MR) is 133 cm³/mol. The Labute approximate surface area is 200 Å². The van der Waals surface area contributed by atoms with Gasteiger partial charge in [-0.15, -0.1) is 0 Å². The van der Waals surface area contributed by atoms with E-state index in [0.717, 1.165) is 30.6 Å². The molecule has 0 unspecified atom stereocenters. The summed E-state index contributed by atoms with van der Waals surface area (Å²) in [5.41, 5.74) is 1.30. The van der Waals surface area contributed by atoms with Gasteiger partial charge in [-0.3, -0.25) is 4.79 Å². The number of ether oxygens (including phenoxy) is 2.